The van der Waals surface area contributed by atoms with Crippen LogP contribution in [0.5, 0.6) is 0 Å². The third-order valence-electron chi connectivity index (χ3n) is 6.33. The lowest BCUT2D eigenvalue weighted by molar-refractivity contribution is -0.143. The molecule has 1 aliphatic carbocycles. The highest BCUT2D eigenvalue weighted by Gasteiger charge is 2.36. The quantitative estimate of drug-likeness (QED) is 0.507. The van der Waals surface area contributed by atoms with Gasteiger partial charge in [-0.15, -0.1) is 11.3 Å². The maximum absolute atomic E-state index is 13.0. The Kier molecular flexibility index (Phi) is 7.96. The van der Waals surface area contributed by atoms with E-state index in [9.17, 15) is 22.8 Å². The molecule has 3 amide bonds. The van der Waals surface area contributed by atoms with E-state index in [0.717, 1.165) is 31.1 Å². The molecule has 12 heteroatoms. The molecule has 186 valence electrons. The molecule has 2 N–H and O–H groups in total. The zero-order valence-corrected chi connectivity index (χ0v) is 21.1. The van der Waals surface area contributed by atoms with Gasteiger partial charge in [0.05, 0.1) is 10.9 Å². The molecule has 1 saturated carbocycles. The van der Waals surface area contributed by atoms with Gasteiger partial charge in [-0.05, 0) is 56.7 Å². The van der Waals surface area contributed by atoms with Crippen LogP contribution in [0.3, 0.4) is 0 Å². The van der Waals surface area contributed by atoms with Crippen molar-refractivity contribution in [2.45, 2.75) is 50.6 Å². The third kappa shape index (κ3) is 6.59. The summed E-state index contributed by atoms with van der Waals surface area (Å²) >= 11 is 7.11. The fourth-order valence-electron chi connectivity index (χ4n) is 4.36. The fraction of sp³-hybridized carbons (Fsp3) is 0.591. The van der Waals surface area contributed by atoms with Crippen molar-refractivity contribution in [2.75, 3.05) is 26.2 Å². The van der Waals surface area contributed by atoms with Crippen LogP contribution in [-0.2, 0) is 24.4 Å². The Morgan fingerprint density at radius 1 is 1.15 bits per heavy atom. The first-order chi connectivity index (χ1) is 16.2. The molecule has 1 aromatic rings. The molecule has 2 atom stereocenters. The second-order valence-electron chi connectivity index (χ2n) is 8.96. The van der Waals surface area contributed by atoms with Gasteiger partial charge in [0.15, 0.2) is 0 Å². The van der Waals surface area contributed by atoms with Crippen LogP contribution in [0.15, 0.2) is 17.5 Å². The van der Waals surface area contributed by atoms with Crippen molar-refractivity contribution in [3.63, 3.8) is 0 Å². The Bertz CT molecular complexity index is 1070. The smallest absolute Gasteiger partial charge is 0.242 e. The largest absolute Gasteiger partial charge is 0.354 e. The molecule has 1 aromatic heterocycles. The first kappa shape index (κ1) is 25.2. The van der Waals surface area contributed by atoms with Crippen LogP contribution >= 0.6 is 22.9 Å². The highest BCUT2D eigenvalue weighted by molar-refractivity contribution is 7.92. The highest BCUT2D eigenvalue weighted by atomic mass is 35.5. The van der Waals surface area contributed by atoms with Gasteiger partial charge in [-0.3, -0.25) is 14.4 Å². The molecule has 9 nitrogen and oxygen atoms in total. The first-order valence-corrected chi connectivity index (χ1v) is 14.3. The summed E-state index contributed by atoms with van der Waals surface area (Å²) in [6.07, 6.45) is 5.93. The fourth-order valence-corrected chi connectivity index (χ4v) is 6.43. The predicted molar refractivity (Wildman–Crippen MR) is 130 cm³/mol. The number of sulfonamides is 1. The van der Waals surface area contributed by atoms with Gasteiger partial charge in [0.2, 0.25) is 27.7 Å². The predicted octanol–water partition coefficient (Wildman–Crippen LogP) is 1.80. The molecule has 34 heavy (non-hydrogen) atoms. The van der Waals surface area contributed by atoms with Crippen LogP contribution < -0.4 is 10.0 Å². The maximum atomic E-state index is 13.0. The van der Waals surface area contributed by atoms with Gasteiger partial charge in [0.1, 0.15) is 6.04 Å². The molecule has 2 saturated heterocycles. The molecule has 3 heterocycles. The van der Waals surface area contributed by atoms with Crippen LogP contribution in [0, 0.1) is 5.92 Å². The van der Waals surface area contributed by atoms with Gasteiger partial charge >= 0.3 is 0 Å². The summed E-state index contributed by atoms with van der Waals surface area (Å²) < 4.78 is 28.0. The van der Waals surface area contributed by atoms with E-state index in [1.807, 2.05) is 0 Å². The molecule has 0 spiro atoms. The normalized spacial score (nSPS) is 23.6. The van der Waals surface area contributed by atoms with Gasteiger partial charge in [-0.1, -0.05) is 11.6 Å². The lowest BCUT2D eigenvalue weighted by atomic mass is 10.1. The third-order valence-corrected chi connectivity index (χ3v) is 8.63. The maximum Gasteiger partial charge on any atom is 0.242 e. The molecule has 0 bridgehead atoms. The first-order valence-electron chi connectivity index (χ1n) is 11.5. The molecule has 4 rings (SSSR count). The molecule has 3 aliphatic rings. The number of likely N-dealkylation sites (tertiary alicyclic amines) is 2. The van der Waals surface area contributed by atoms with Crippen LogP contribution in [-0.4, -0.2) is 74.2 Å². The summed E-state index contributed by atoms with van der Waals surface area (Å²) in [7, 11) is -3.85. The Labute approximate surface area is 208 Å². The monoisotopic (exact) mass is 528 g/mol. The SMILES string of the molecule is O=C(NC[C@H]1CCCN1C(=O)CN1CCC[C@H](NS(=O)(=O)/C=C/c2ccc(Cl)s2)C1=O)C1CC1. The Hall–Kier alpha value is -1.95. The van der Waals surface area contributed by atoms with E-state index in [-0.39, 0.29) is 30.3 Å². The lowest BCUT2D eigenvalue weighted by Crippen LogP contribution is -2.55. The number of thiophene rings is 1. The summed E-state index contributed by atoms with van der Waals surface area (Å²) in [5, 5.41) is 3.96. The summed E-state index contributed by atoms with van der Waals surface area (Å²) in [5.74, 6) is -0.393. The van der Waals surface area contributed by atoms with Gasteiger partial charge in [-0.2, -0.15) is 4.72 Å². The average molecular weight is 529 g/mol. The minimum absolute atomic E-state index is 0.0526. The second-order valence-corrected chi connectivity index (χ2v) is 12.3. The van der Waals surface area contributed by atoms with E-state index >= 15 is 0 Å². The van der Waals surface area contributed by atoms with E-state index in [2.05, 4.69) is 10.0 Å². The molecular formula is C22H29ClN4O5S2. The number of piperidine rings is 1. The molecule has 0 radical (unpaired) electrons. The number of halogens is 1. The van der Waals surface area contributed by atoms with Crippen LogP contribution in [0.1, 0.15) is 43.4 Å². The number of carbonyl (C=O) groups excluding carboxylic acids is 3. The number of nitrogens with zero attached hydrogens (tertiary/aromatic N) is 2. The molecular weight excluding hydrogens is 500 g/mol. The van der Waals surface area contributed by atoms with Gasteiger partial charge < -0.3 is 15.1 Å². The number of hydrogen-bond acceptors (Lipinski definition) is 6. The van der Waals surface area contributed by atoms with Crippen molar-refractivity contribution in [2.24, 2.45) is 5.92 Å². The minimum atomic E-state index is -3.85. The van der Waals surface area contributed by atoms with Gasteiger partial charge in [0.25, 0.3) is 0 Å². The average Bonchev–Trinajstić information content (AvgIpc) is 3.39. The Balaban J connectivity index is 1.30. The van der Waals surface area contributed by atoms with Gasteiger partial charge in [0, 0.05) is 41.9 Å². The lowest BCUT2D eigenvalue weighted by Gasteiger charge is -2.34. The number of amides is 3. The number of hydrogen-bond donors (Lipinski definition) is 2. The van der Waals surface area contributed by atoms with Crippen LogP contribution in [0.25, 0.3) is 6.08 Å². The second kappa shape index (κ2) is 10.8. The molecule has 2 aliphatic heterocycles. The van der Waals surface area contributed by atoms with E-state index in [1.54, 1.807) is 17.0 Å². The number of rotatable bonds is 9. The molecule has 3 fully saturated rings. The zero-order valence-electron chi connectivity index (χ0n) is 18.7. The molecule has 0 unspecified atom stereocenters. The summed E-state index contributed by atoms with van der Waals surface area (Å²) in [6.45, 7) is 1.34. The summed E-state index contributed by atoms with van der Waals surface area (Å²) in [4.78, 5) is 41.7. The zero-order chi connectivity index (χ0) is 24.3. The van der Waals surface area contributed by atoms with Crippen molar-refractivity contribution >= 4 is 56.8 Å². The van der Waals surface area contributed by atoms with E-state index in [4.69, 9.17) is 11.6 Å². The number of carbonyl (C=O) groups is 3. The van der Waals surface area contributed by atoms with Crippen molar-refractivity contribution in [1.82, 2.24) is 19.8 Å². The van der Waals surface area contributed by atoms with E-state index in [1.165, 1.54) is 22.3 Å². The Morgan fingerprint density at radius 3 is 2.62 bits per heavy atom. The standard InChI is InChI=1S/C22H29ClN4O5S2/c23-19-8-7-17(33-19)9-12-34(31,32)25-18-4-2-10-26(22(18)30)14-20(28)27-11-1-3-16(27)13-24-21(29)15-5-6-15/h7-9,12,15-16,18,25H,1-6,10-11,13-14H2,(H,24,29)/b12-9+/t16-,18+/m1/s1. The van der Waals surface area contributed by atoms with Crippen molar-refractivity contribution < 1.29 is 22.8 Å². The minimum Gasteiger partial charge on any atom is -0.354 e. The van der Waals surface area contributed by atoms with Gasteiger partial charge in [-0.25, -0.2) is 8.42 Å². The van der Waals surface area contributed by atoms with Crippen LogP contribution in [0.4, 0.5) is 0 Å². The summed E-state index contributed by atoms with van der Waals surface area (Å²) in [5.41, 5.74) is 0. The van der Waals surface area contributed by atoms with E-state index in [0.29, 0.717) is 41.7 Å². The topological polar surface area (TPSA) is 116 Å². The van der Waals surface area contributed by atoms with E-state index < -0.39 is 22.0 Å². The van der Waals surface area contributed by atoms with Crippen molar-refractivity contribution in [3.8, 4) is 0 Å². The van der Waals surface area contributed by atoms with Crippen molar-refractivity contribution in [3.05, 3.63) is 26.8 Å². The Morgan fingerprint density at radius 2 is 1.91 bits per heavy atom. The molecule has 0 aromatic carbocycles. The summed E-state index contributed by atoms with van der Waals surface area (Å²) in [6, 6.07) is 2.41. The number of nitrogens with one attached hydrogen (secondary N) is 2. The van der Waals surface area contributed by atoms with Crippen molar-refractivity contribution in [1.29, 1.82) is 0 Å². The van der Waals surface area contributed by atoms with Crippen LogP contribution in [0.2, 0.25) is 4.34 Å². The highest BCUT2D eigenvalue weighted by Crippen LogP contribution is 2.29.